The largest absolute Gasteiger partial charge is 0.363 e. The molecule has 1 atom stereocenters. The van der Waals surface area contributed by atoms with Crippen molar-refractivity contribution in [3.8, 4) is 0 Å². The highest BCUT2D eigenvalue weighted by Crippen LogP contribution is 2.45. The van der Waals surface area contributed by atoms with Crippen molar-refractivity contribution in [2.75, 3.05) is 24.5 Å². The van der Waals surface area contributed by atoms with Gasteiger partial charge in [-0.1, -0.05) is 12.1 Å². The lowest BCUT2D eigenvalue weighted by Gasteiger charge is -2.25. The minimum Gasteiger partial charge on any atom is -0.363 e. The maximum atomic E-state index is 4.83. The number of rotatable bonds is 4. The highest BCUT2D eigenvalue weighted by Gasteiger charge is 2.48. The summed E-state index contributed by atoms with van der Waals surface area (Å²) in [6.07, 6.45) is 5.01. The summed E-state index contributed by atoms with van der Waals surface area (Å²) < 4.78 is 0. The highest BCUT2D eigenvalue weighted by molar-refractivity contribution is 7.09. The zero-order valence-electron chi connectivity index (χ0n) is 14.7. The van der Waals surface area contributed by atoms with E-state index >= 15 is 0 Å². The highest BCUT2D eigenvalue weighted by atomic mass is 32.1. The Kier molecular flexibility index (Phi) is 3.98. The molecule has 1 spiro atoms. The number of hydrogen-bond donors (Lipinski definition) is 0. The van der Waals surface area contributed by atoms with Crippen LogP contribution in [0.4, 0.5) is 5.69 Å². The van der Waals surface area contributed by atoms with Crippen molar-refractivity contribution in [2.24, 2.45) is 0 Å². The fourth-order valence-corrected chi connectivity index (χ4v) is 5.20. The lowest BCUT2D eigenvalue weighted by Crippen LogP contribution is -2.36. The summed E-state index contributed by atoms with van der Waals surface area (Å²) in [6.45, 7) is 5.18. The summed E-state index contributed by atoms with van der Waals surface area (Å²) in [5.74, 6) is 0. The quantitative estimate of drug-likeness (QED) is 0.708. The first-order valence-corrected chi connectivity index (χ1v) is 10.1. The van der Waals surface area contributed by atoms with Gasteiger partial charge in [-0.3, -0.25) is 14.9 Å². The molecule has 3 aromatic heterocycles. The molecular weight excluding hydrogens is 340 g/mol. The van der Waals surface area contributed by atoms with Gasteiger partial charge in [0.2, 0.25) is 0 Å². The van der Waals surface area contributed by atoms with Crippen molar-refractivity contribution in [2.45, 2.75) is 24.9 Å². The van der Waals surface area contributed by atoms with Crippen LogP contribution in [0, 0.1) is 0 Å². The Morgan fingerprint density at radius 3 is 2.77 bits per heavy atom. The summed E-state index contributed by atoms with van der Waals surface area (Å²) in [5, 5.41) is 2.17. The molecule has 0 bridgehead atoms. The Morgan fingerprint density at radius 1 is 0.962 bits per heavy atom. The molecule has 132 valence electrons. The lowest BCUT2D eigenvalue weighted by molar-refractivity contribution is 0.307. The molecule has 0 aliphatic carbocycles. The Hall–Kier alpha value is -2.24. The zero-order chi connectivity index (χ0) is 17.4. The first kappa shape index (κ1) is 16.0. The van der Waals surface area contributed by atoms with Crippen molar-refractivity contribution in [1.82, 2.24) is 14.9 Å². The molecule has 5 rings (SSSR count). The molecule has 4 nitrogen and oxygen atoms in total. The van der Waals surface area contributed by atoms with Crippen molar-refractivity contribution in [3.05, 3.63) is 76.5 Å². The van der Waals surface area contributed by atoms with Crippen molar-refractivity contribution >= 4 is 17.0 Å². The Labute approximate surface area is 158 Å². The number of fused-ring (bicyclic) bond motifs is 2. The van der Waals surface area contributed by atoms with E-state index in [1.165, 1.54) is 22.7 Å². The minimum atomic E-state index is 0.155. The van der Waals surface area contributed by atoms with Crippen molar-refractivity contribution < 1.29 is 0 Å². The molecule has 0 saturated carbocycles. The van der Waals surface area contributed by atoms with Crippen LogP contribution in [0.2, 0.25) is 0 Å². The first-order chi connectivity index (χ1) is 12.8. The second-order valence-corrected chi connectivity index (χ2v) is 8.40. The van der Waals surface area contributed by atoms with Crippen molar-refractivity contribution in [3.63, 3.8) is 0 Å². The fraction of sp³-hybridized carbons (Fsp3) is 0.333. The van der Waals surface area contributed by atoms with E-state index in [4.69, 9.17) is 4.98 Å². The van der Waals surface area contributed by atoms with Gasteiger partial charge in [0.1, 0.15) is 0 Å². The molecule has 2 aliphatic rings. The lowest BCUT2D eigenvalue weighted by atomic mass is 9.85. The van der Waals surface area contributed by atoms with Crippen molar-refractivity contribution in [1.29, 1.82) is 0 Å². The van der Waals surface area contributed by atoms with Gasteiger partial charge < -0.3 is 4.90 Å². The Balaban J connectivity index is 1.40. The number of hydrogen-bond acceptors (Lipinski definition) is 5. The molecule has 0 unspecified atom stereocenters. The van der Waals surface area contributed by atoms with Gasteiger partial charge >= 0.3 is 0 Å². The Bertz CT molecular complexity index is 880. The van der Waals surface area contributed by atoms with Gasteiger partial charge in [0, 0.05) is 42.3 Å². The number of thiophene rings is 1. The second-order valence-electron chi connectivity index (χ2n) is 7.37. The van der Waals surface area contributed by atoms with Crippen LogP contribution in [-0.4, -0.2) is 34.5 Å². The molecule has 5 heterocycles. The predicted molar refractivity (Wildman–Crippen MR) is 105 cm³/mol. The van der Waals surface area contributed by atoms with Crippen LogP contribution < -0.4 is 4.90 Å². The van der Waals surface area contributed by atoms with Gasteiger partial charge in [-0.25, -0.2) is 0 Å². The van der Waals surface area contributed by atoms with E-state index in [0.29, 0.717) is 0 Å². The van der Waals surface area contributed by atoms with E-state index in [1.54, 1.807) is 0 Å². The maximum Gasteiger partial charge on any atom is 0.0729 e. The third-order valence-corrected chi connectivity index (χ3v) is 6.46. The third-order valence-electron chi connectivity index (χ3n) is 5.59. The van der Waals surface area contributed by atoms with E-state index < -0.39 is 0 Å². The molecule has 5 heteroatoms. The number of anilines is 1. The van der Waals surface area contributed by atoms with Gasteiger partial charge in [0.25, 0.3) is 0 Å². The monoisotopic (exact) mass is 362 g/mol. The van der Waals surface area contributed by atoms with Crippen LogP contribution in [0.25, 0.3) is 0 Å². The van der Waals surface area contributed by atoms with E-state index in [2.05, 4.69) is 56.6 Å². The molecule has 0 N–H and O–H groups in total. The SMILES string of the molecule is c1ccc(CN2C[C@@]3(CCN(Cc4cccs4)C3)c3ncccc32)nc1. The summed E-state index contributed by atoms with van der Waals surface area (Å²) in [6, 6.07) is 14.8. The van der Waals surface area contributed by atoms with E-state index in [-0.39, 0.29) is 5.41 Å². The molecule has 1 saturated heterocycles. The molecule has 1 fully saturated rings. The number of aromatic nitrogens is 2. The first-order valence-electron chi connectivity index (χ1n) is 9.18. The topological polar surface area (TPSA) is 32.3 Å². The van der Waals surface area contributed by atoms with Gasteiger partial charge in [-0.15, -0.1) is 11.3 Å². The summed E-state index contributed by atoms with van der Waals surface area (Å²) in [5.41, 5.74) is 3.84. The molecule has 0 amide bonds. The molecule has 2 aliphatic heterocycles. The maximum absolute atomic E-state index is 4.83. The number of likely N-dealkylation sites (tertiary alicyclic amines) is 1. The second kappa shape index (κ2) is 6.49. The Morgan fingerprint density at radius 2 is 1.92 bits per heavy atom. The molecule has 0 radical (unpaired) electrons. The van der Waals surface area contributed by atoms with E-state index in [0.717, 1.165) is 38.4 Å². The summed E-state index contributed by atoms with van der Waals surface area (Å²) >= 11 is 1.85. The van der Waals surface area contributed by atoms with Crippen LogP contribution in [0.15, 0.2) is 60.2 Å². The average molecular weight is 363 g/mol. The smallest absolute Gasteiger partial charge is 0.0729 e. The van der Waals surface area contributed by atoms with Crippen LogP contribution >= 0.6 is 11.3 Å². The van der Waals surface area contributed by atoms with Crippen LogP contribution in [0.5, 0.6) is 0 Å². The predicted octanol–water partition coefficient (Wildman–Crippen LogP) is 3.70. The zero-order valence-corrected chi connectivity index (χ0v) is 15.5. The van der Waals surface area contributed by atoms with Crippen LogP contribution in [0.3, 0.4) is 0 Å². The summed E-state index contributed by atoms with van der Waals surface area (Å²) in [7, 11) is 0. The van der Waals surface area contributed by atoms with Crippen LogP contribution in [-0.2, 0) is 18.5 Å². The molecule has 0 aromatic carbocycles. The van der Waals surface area contributed by atoms with Gasteiger partial charge in [0.15, 0.2) is 0 Å². The summed E-state index contributed by atoms with van der Waals surface area (Å²) in [4.78, 5) is 15.9. The minimum absolute atomic E-state index is 0.155. The third kappa shape index (κ3) is 2.81. The normalized spacial score (nSPS) is 22.2. The average Bonchev–Trinajstić information content (AvgIpc) is 3.39. The molecule has 3 aromatic rings. The standard InChI is InChI=1S/C21H22N4S/c1-2-9-22-17(5-1)13-25-16-21(20-19(25)7-3-10-23-20)8-11-24(15-21)14-18-6-4-12-26-18/h1-7,9-10,12H,8,11,13-16H2/t21-/m0/s1. The molecular formula is C21H22N4S. The van der Waals surface area contributed by atoms with Gasteiger partial charge in [-0.2, -0.15) is 0 Å². The van der Waals surface area contributed by atoms with E-state index in [1.807, 2.05) is 29.8 Å². The van der Waals surface area contributed by atoms with Gasteiger partial charge in [0.05, 0.1) is 23.6 Å². The van der Waals surface area contributed by atoms with Gasteiger partial charge in [-0.05, 0) is 48.7 Å². The van der Waals surface area contributed by atoms with Crippen LogP contribution in [0.1, 0.15) is 22.7 Å². The number of pyridine rings is 2. The fourth-order valence-electron chi connectivity index (χ4n) is 4.45. The van der Waals surface area contributed by atoms with E-state index in [9.17, 15) is 0 Å². The number of nitrogens with zero attached hydrogens (tertiary/aromatic N) is 4. The molecule has 26 heavy (non-hydrogen) atoms.